The first-order valence-corrected chi connectivity index (χ1v) is 5.66. The van der Waals surface area contributed by atoms with Gasteiger partial charge in [0.2, 0.25) is 0 Å². The summed E-state index contributed by atoms with van der Waals surface area (Å²) in [6.45, 7) is 3.94. The topological polar surface area (TPSA) is 63.3 Å². The highest BCUT2D eigenvalue weighted by atomic mass is 32.2. The Balaban J connectivity index is 3.24. The van der Waals surface area contributed by atoms with Gasteiger partial charge < -0.3 is 10.3 Å². The van der Waals surface area contributed by atoms with Crippen LogP contribution in [0.4, 0.5) is 5.69 Å². The fourth-order valence-electron chi connectivity index (χ4n) is 1.39. The van der Waals surface area contributed by atoms with Crippen molar-refractivity contribution in [2.24, 2.45) is 0 Å². The van der Waals surface area contributed by atoms with Crippen molar-refractivity contribution in [3.8, 4) is 0 Å². The Morgan fingerprint density at radius 3 is 2.64 bits per heavy atom. The fraction of sp³-hybridized carbons (Fsp3) is 0.400. The summed E-state index contributed by atoms with van der Waals surface area (Å²) in [4.78, 5) is 0.440. The van der Waals surface area contributed by atoms with E-state index in [1.165, 1.54) is 0 Å². The van der Waals surface area contributed by atoms with Gasteiger partial charge in [0.05, 0.1) is 4.90 Å². The van der Waals surface area contributed by atoms with Crippen LogP contribution < -0.4 is 5.73 Å². The van der Waals surface area contributed by atoms with E-state index >= 15 is 0 Å². The SMILES string of the molecule is CCCc1cc(C)c(N)cc1S(=O)O. The van der Waals surface area contributed by atoms with Gasteiger partial charge in [-0.1, -0.05) is 19.4 Å². The molecule has 1 atom stereocenters. The van der Waals surface area contributed by atoms with Gasteiger partial charge in [0, 0.05) is 5.69 Å². The maximum atomic E-state index is 11.0. The number of aryl methyl sites for hydroxylation is 2. The van der Waals surface area contributed by atoms with E-state index < -0.39 is 11.1 Å². The highest BCUT2D eigenvalue weighted by Crippen LogP contribution is 2.22. The number of hydrogen-bond donors (Lipinski definition) is 2. The lowest BCUT2D eigenvalue weighted by atomic mass is 10.1. The first-order chi connectivity index (χ1) is 6.56. The quantitative estimate of drug-likeness (QED) is 0.597. The van der Waals surface area contributed by atoms with E-state index in [2.05, 4.69) is 0 Å². The van der Waals surface area contributed by atoms with Gasteiger partial charge in [-0.25, -0.2) is 4.21 Å². The second kappa shape index (κ2) is 4.57. The summed E-state index contributed by atoms with van der Waals surface area (Å²) >= 11 is -1.94. The molecule has 1 unspecified atom stereocenters. The van der Waals surface area contributed by atoms with Crippen molar-refractivity contribution >= 4 is 16.8 Å². The molecule has 0 aliphatic carbocycles. The molecule has 0 aromatic heterocycles. The smallest absolute Gasteiger partial charge is 0.186 e. The molecule has 78 valence electrons. The van der Waals surface area contributed by atoms with Gasteiger partial charge in [-0.15, -0.1) is 0 Å². The molecule has 0 saturated carbocycles. The number of benzene rings is 1. The predicted molar refractivity (Wildman–Crippen MR) is 58.6 cm³/mol. The molecule has 3 nitrogen and oxygen atoms in total. The third-order valence-electron chi connectivity index (χ3n) is 2.16. The van der Waals surface area contributed by atoms with Crippen molar-refractivity contribution in [1.29, 1.82) is 0 Å². The monoisotopic (exact) mass is 213 g/mol. The molecule has 4 heteroatoms. The van der Waals surface area contributed by atoms with E-state index in [9.17, 15) is 4.21 Å². The molecule has 1 aromatic rings. The largest absolute Gasteiger partial charge is 0.398 e. The van der Waals surface area contributed by atoms with Crippen LogP contribution in [0.1, 0.15) is 24.5 Å². The van der Waals surface area contributed by atoms with Crippen molar-refractivity contribution in [2.45, 2.75) is 31.6 Å². The Morgan fingerprint density at radius 1 is 1.50 bits per heavy atom. The Bertz CT molecular complexity index is 363. The zero-order chi connectivity index (χ0) is 10.7. The average Bonchev–Trinajstić information content (AvgIpc) is 2.11. The minimum Gasteiger partial charge on any atom is -0.398 e. The van der Waals surface area contributed by atoms with Crippen LogP contribution in [0.15, 0.2) is 17.0 Å². The van der Waals surface area contributed by atoms with E-state index in [1.807, 2.05) is 19.9 Å². The standard InChI is InChI=1S/C10H15NO2S/c1-3-4-8-5-7(2)9(11)6-10(8)14(12)13/h5-6H,3-4,11H2,1-2H3,(H,12,13). The molecule has 14 heavy (non-hydrogen) atoms. The molecule has 1 rings (SSSR count). The summed E-state index contributed by atoms with van der Waals surface area (Å²) in [6.07, 6.45) is 1.76. The van der Waals surface area contributed by atoms with Crippen molar-refractivity contribution in [2.75, 3.05) is 5.73 Å². The van der Waals surface area contributed by atoms with Gasteiger partial charge >= 0.3 is 0 Å². The molecule has 0 spiro atoms. The molecule has 0 bridgehead atoms. The van der Waals surface area contributed by atoms with Crippen LogP contribution in [-0.4, -0.2) is 8.76 Å². The Kier molecular flexibility index (Phi) is 3.66. The summed E-state index contributed by atoms with van der Waals surface area (Å²) < 4.78 is 20.1. The number of rotatable bonds is 3. The summed E-state index contributed by atoms with van der Waals surface area (Å²) in [7, 11) is 0. The lowest BCUT2D eigenvalue weighted by molar-refractivity contribution is 0.563. The first kappa shape index (κ1) is 11.2. The molecule has 0 amide bonds. The number of nitrogen functional groups attached to an aromatic ring is 1. The van der Waals surface area contributed by atoms with Gasteiger partial charge in [-0.3, -0.25) is 0 Å². The Labute approximate surface area is 86.6 Å². The minimum absolute atomic E-state index is 0.440. The second-order valence-electron chi connectivity index (χ2n) is 3.32. The summed E-state index contributed by atoms with van der Waals surface area (Å²) in [5.41, 5.74) is 8.13. The molecular formula is C10H15NO2S. The van der Waals surface area contributed by atoms with Crippen LogP contribution in [0.25, 0.3) is 0 Å². The molecule has 0 aliphatic rings. The van der Waals surface area contributed by atoms with Crippen LogP contribution in [0.2, 0.25) is 0 Å². The fourth-order valence-corrected chi connectivity index (χ4v) is 2.00. The zero-order valence-electron chi connectivity index (χ0n) is 8.41. The third-order valence-corrected chi connectivity index (χ3v) is 2.91. The van der Waals surface area contributed by atoms with Crippen LogP contribution in [0.5, 0.6) is 0 Å². The second-order valence-corrected chi connectivity index (χ2v) is 4.25. The molecule has 3 N–H and O–H groups in total. The first-order valence-electron chi connectivity index (χ1n) is 4.56. The molecular weight excluding hydrogens is 198 g/mol. The van der Waals surface area contributed by atoms with Crippen molar-refractivity contribution < 1.29 is 8.76 Å². The Morgan fingerprint density at radius 2 is 2.14 bits per heavy atom. The predicted octanol–water partition coefficient (Wildman–Crippen LogP) is 2.11. The van der Waals surface area contributed by atoms with Crippen molar-refractivity contribution in [3.05, 3.63) is 23.3 Å². The van der Waals surface area contributed by atoms with E-state index in [0.29, 0.717) is 10.6 Å². The third kappa shape index (κ3) is 2.33. The highest BCUT2D eigenvalue weighted by Gasteiger charge is 2.09. The van der Waals surface area contributed by atoms with Crippen LogP contribution >= 0.6 is 0 Å². The maximum Gasteiger partial charge on any atom is 0.186 e. The van der Waals surface area contributed by atoms with Crippen molar-refractivity contribution in [3.63, 3.8) is 0 Å². The molecule has 1 aromatic carbocycles. The number of hydrogen-bond acceptors (Lipinski definition) is 2. The van der Waals surface area contributed by atoms with Gasteiger partial charge in [-0.05, 0) is 30.5 Å². The van der Waals surface area contributed by atoms with Crippen molar-refractivity contribution in [1.82, 2.24) is 0 Å². The van der Waals surface area contributed by atoms with E-state index in [1.54, 1.807) is 6.07 Å². The summed E-state index contributed by atoms with van der Waals surface area (Å²) in [6, 6.07) is 3.48. The lowest BCUT2D eigenvalue weighted by Gasteiger charge is -2.08. The van der Waals surface area contributed by atoms with E-state index in [0.717, 1.165) is 24.0 Å². The maximum absolute atomic E-state index is 11.0. The normalized spacial score (nSPS) is 12.8. The minimum atomic E-state index is -1.94. The number of nitrogens with two attached hydrogens (primary N) is 1. The zero-order valence-corrected chi connectivity index (χ0v) is 9.23. The summed E-state index contributed by atoms with van der Waals surface area (Å²) in [5, 5.41) is 0. The molecule has 0 saturated heterocycles. The van der Waals surface area contributed by atoms with E-state index in [4.69, 9.17) is 10.3 Å². The van der Waals surface area contributed by atoms with Crippen LogP contribution in [0.3, 0.4) is 0 Å². The van der Waals surface area contributed by atoms with Gasteiger partial charge in [0.1, 0.15) is 0 Å². The molecule has 0 aliphatic heterocycles. The van der Waals surface area contributed by atoms with E-state index in [-0.39, 0.29) is 0 Å². The highest BCUT2D eigenvalue weighted by molar-refractivity contribution is 7.79. The van der Waals surface area contributed by atoms with Gasteiger partial charge in [0.15, 0.2) is 11.1 Å². The van der Waals surface area contributed by atoms with Crippen LogP contribution in [-0.2, 0) is 17.5 Å². The van der Waals surface area contributed by atoms with Gasteiger partial charge in [0.25, 0.3) is 0 Å². The van der Waals surface area contributed by atoms with Gasteiger partial charge in [-0.2, -0.15) is 0 Å². The number of anilines is 1. The lowest BCUT2D eigenvalue weighted by Crippen LogP contribution is -2.00. The molecule has 0 fully saturated rings. The Hall–Kier alpha value is -0.870. The average molecular weight is 213 g/mol. The molecule has 0 radical (unpaired) electrons. The molecule has 0 heterocycles. The summed E-state index contributed by atoms with van der Waals surface area (Å²) in [5.74, 6) is 0. The van der Waals surface area contributed by atoms with Crippen LogP contribution in [0, 0.1) is 6.92 Å².